The Hall–Kier alpha value is -2.44. The monoisotopic (exact) mass is 359 g/mol. The van der Waals surface area contributed by atoms with Crippen LogP contribution >= 0.6 is 0 Å². The molecule has 2 amide bonds. The number of pyridine rings is 1. The summed E-state index contributed by atoms with van der Waals surface area (Å²) in [6.07, 6.45) is 6.03. The standard InChI is InChI=1S/C19H25N3O4/c1-13-9-15(11-20-10-13)17(24)21-7-5-19(6-8-21)4-3-16(23)22(12-19)14(2)18(25)26/h9-11,14H,3-8,12H2,1-2H3,(H,25,26)/t14-/m1/s1. The minimum atomic E-state index is -0.977. The molecule has 140 valence electrons. The lowest BCUT2D eigenvalue weighted by atomic mass is 9.72. The van der Waals surface area contributed by atoms with Crippen LogP contribution in [0.25, 0.3) is 0 Å². The highest BCUT2D eigenvalue weighted by Crippen LogP contribution is 2.41. The Balaban J connectivity index is 1.66. The second-order valence-electron chi connectivity index (χ2n) is 7.58. The van der Waals surface area contributed by atoms with Crippen molar-refractivity contribution in [2.45, 2.75) is 45.6 Å². The molecular weight excluding hydrogens is 334 g/mol. The van der Waals surface area contributed by atoms with Gasteiger partial charge in [-0.3, -0.25) is 14.6 Å². The van der Waals surface area contributed by atoms with Gasteiger partial charge in [0.1, 0.15) is 6.04 Å². The lowest BCUT2D eigenvalue weighted by molar-refractivity contribution is -0.154. The third-order valence-corrected chi connectivity index (χ3v) is 5.75. The van der Waals surface area contributed by atoms with Crippen molar-refractivity contribution in [1.82, 2.24) is 14.8 Å². The van der Waals surface area contributed by atoms with Crippen LogP contribution in [0.1, 0.15) is 48.5 Å². The molecule has 0 saturated carbocycles. The number of aromatic nitrogens is 1. The van der Waals surface area contributed by atoms with Crippen molar-refractivity contribution in [2.24, 2.45) is 5.41 Å². The second-order valence-corrected chi connectivity index (χ2v) is 7.58. The summed E-state index contributed by atoms with van der Waals surface area (Å²) in [7, 11) is 0. The molecule has 1 aromatic rings. The van der Waals surface area contributed by atoms with Crippen LogP contribution < -0.4 is 0 Å². The number of piperidine rings is 2. The smallest absolute Gasteiger partial charge is 0.326 e. The molecule has 1 aromatic heterocycles. The van der Waals surface area contributed by atoms with Crippen molar-refractivity contribution < 1.29 is 19.5 Å². The predicted octanol–water partition coefficient (Wildman–Crippen LogP) is 1.71. The van der Waals surface area contributed by atoms with Crippen molar-refractivity contribution in [3.63, 3.8) is 0 Å². The molecule has 3 heterocycles. The van der Waals surface area contributed by atoms with E-state index in [0.29, 0.717) is 31.6 Å². The van der Waals surface area contributed by atoms with Crippen LogP contribution in [0.15, 0.2) is 18.5 Å². The number of aryl methyl sites for hydroxylation is 1. The average Bonchev–Trinajstić information content (AvgIpc) is 2.63. The third kappa shape index (κ3) is 3.57. The molecular formula is C19H25N3O4. The first kappa shape index (κ1) is 18.4. The van der Waals surface area contributed by atoms with Gasteiger partial charge in [0.05, 0.1) is 5.56 Å². The van der Waals surface area contributed by atoms with Crippen LogP contribution in [-0.2, 0) is 9.59 Å². The summed E-state index contributed by atoms with van der Waals surface area (Å²) in [5.74, 6) is -1.08. The van der Waals surface area contributed by atoms with Gasteiger partial charge in [-0.15, -0.1) is 0 Å². The van der Waals surface area contributed by atoms with E-state index in [-0.39, 0.29) is 17.2 Å². The molecule has 1 spiro atoms. The molecule has 1 N–H and O–H groups in total. The maximum Gasteiger partial charge on any atom is 0.326 e. The molecule has 2 aliphatic heterocycles. The molecule has 7 nitrogen and oxygen atoms in total. The number of hydrogen-bond donors (Lipinski definition) is 1. The van der Waals surface area contributed by atoms with Gasteiger partial charge < -0.3 is 14.9 Å². The minimum absolute atomic E-state index is 0.0151. The fourth-order valence-corrected chi connectivity index (χ4v) is 3.98. The quantitative estimate of drug-likeness (QED) is 0.887. The zero-order chi connectivity index (χ0) is 18.9. The van der Waals surface area contributed by atoms with Crippen LogP contribution in [0.3, 0.4) is 0 Å². The van der Waals surface area contributed by atoms with Crippen molar-refractivity contribution in [2.75, 3.05) is 19.6 Å². The maximum atomic E-state index is 12.7. The molecule has 1 atom stereocenters. The molecule has 2 fully saturated rings. The van der Waals surface area contributed by atoms with Crippen molar-refractivity contribution in [3.8, 4) is 0 Å². The first-order chi connectivity index (χ1) is 12.3. The largest absolute Gasteiger partial charge is 0.480 e. The molecule has 0 radical (unpaired) electrons. The number of likely N-dealkylation sites (tertiary alicyclic amines) is 2. The Morgan fingerprint density at radius 3 is 2.54 bits per heavy atom. The summed E-state index contributed by atoms with van der Waals surface area (Å²) in [6.45, 7) is 5.18. The van der Waals surface area contributed by atoms with Gasteiger partial charge in [-0.05, 0) is 50.2 Å². The normalized spacial score (nSPS) is 20.9. The summed E-state index contributed by atoms with van der Waals surface area (Å²) in [4.78, 5) is 43.5. The van der Waals surface area contributed by atoms with E-state index in [2.05, 4.69) is 4.98 Å². The number of hydrogen-bond acceptors (Lipinski definition) is 4. The molecule has 3 rings (SSSR count). The van der Waals surface area contributed by atoms with Gasteiger partial charge in [0, 0.05) is 38.4 Å². The first-order valence-electron chi connectivity index (χ1n) is 9.04. The highest BCUT2D eigenvalue weighted by Gasteiger charge is 2.43. The molecule has 2 aliphatic rings. The molecule has 0 aromatic carbocycles. The molecule has 2 saturated heterocycles. The Morgan fingerprint density at radius 2 is 1.92 bits per heavy atom. The van der Waals surface area contributed by atoms with Crippen LogP contribution in [0.4, 0.5) is 0 Å². The Labute approximate surface area is 153 Å². The highest BCUT2D eigenvalue weighted by atomic mass is 16.4. The van der Waals surface area contributed by atoms with E-state index < -0.39 is 12.0 Å². The van der Waals surface area contributed by atoms with Gasteiger partial charge in [-0.25, -0.2) is 4.79 Å². The topological polar surface area (TPSA) is 90.8 Å². The summed E-state index contributed by atoms with van der Waals surface area (Å²) in [6, 6.07) is 1.03. The summed E-state index contributed by atoms with van der Waals surface area (Å²) >= 11 is 0. The number of carbonyl (C=O) groups is 3. The average molecular weight is 359 g/mol. The second kappa shape index (κ2) is 7.05. The predicted molar refractivity (Wildman–Crippen MR) is 94.6 cm³/mol. The SMILES string of the molecule is Cc1cncc(C(=O)N2CCC3(CCC(=O)N([C@H](C)C(=O)O)C3)CC2)c1. The number of carboxylic acids is 1. The summed E-state index contributed by atoms with van der Waals surface area (Å²) in [5.41, 5.74) is 1.47. The third-order valence-electron chi connectivity index (χ3n) is 5.75. The van der Waals surface area contributed by atoms with E-state index in [4.69, 9.17) is 0 Å². The van der Waals surface area contributed by atoms with Crippen LogP contribution in [0, 0.1) is 12.3 Å². The Morgan fingerprint density at radius 1 is 1.23 bits per heavy atom. The number of amides is 2. The fourth-order valence-electron chi connectivity index (χ4n) is 3.98. The van der Waals surface area contributed by atoms with Crippen molar-refractivity contribution >= 4 is 17.8 Å². The van der Waals surface area contributed by atoms with Crippen LogP contribution in [-0.4, -0.2) is 63.4 Å². The van der Waals surface area contributed by atoms with E-state index in [0.717, 1.165) is 24.8 Å². The molecule has 7 heteroatoms. The number of aliphatic carboxylic acids is 1. The number of nitrogens with zero attached hydrogens (tertiary/aromatic N) is 3. The van der Waals surface area contributed by atoms with E-state index in [1.165, 1.54) is 4.90 Å². The lowest BCUT2D eigenvalue weighted by Gasteiger charge is -2.48. The zero-order valence-corrected chi connectivity index (χ0v) is 15.3. The number of rotatable bonds is 3. The Kier molecular flexibility index (Phi) is 4.98. The minimum Gasteiger partial charge on any atom is -0.480 e. The summed E-state index contributed by atoms with van der Waals surface area (Å²) in [5, 5.41) is 9.25. The van der Waals surface area contributed by atoms with Crippen LogP contribution in [0.5, 0.6) is 0 Å². The fraction of sp³-hybridized carbons (Fsp3) is 0.579. The van der Waals surface area contributed by atoms with E-state index in [1.54, 1.807) is 19.3 Å². The molecule has 0 aliphatic carbocycles. The van der Waals surface area contributed by atoms with Crippen LogP contribution in [0.2, 0.25) is 0 Å². The Bertz CT molecular complexity index is 725. The molecule has 0 unspecified atom stereocenters. The number of carbonyl (C=O) groups excluding carboxylic acids is 2. The molecule has 0 bridgehead atoms. The number of carboxylic acid groups (broad SMARTS) is 1. The van der Waals surface area contributed by atoms with Crippen molar-refractivity contribution in [1.29, 1.82) is 0 Å². The summed E-state index contributed by atoms with van der Waals surface area (Å²) < 4.78 is 0. The zero-order valence-electron chi connectivity index (χ0n) is 15.3. The van der Waals surface area contributed by atoms with Crippen molar-refractivity contribution in [3.05, 3.63) is 29.6 Å². The highest BCUT2D eigenvalue weighted by molar-refractivity contribution is 5.94. The molecule has 26 heavy (non-hydrogen) atoms. The first-order valence-corrected chi connectivity index (χ1v) is 9.04. The lowest BCUT2D eigenvalue weighted by Crippen LogP contribution is -2.55. The van der Waals surface area contributed by atoms with Gasteiger partial charge in [0.25, 0.3) is 5.91 Å². The maximum absolute atomic E-state index is 12.7. The van der Waals surface area contributed by atoms with E-state index in [9.17, 15) is 19.5 Å². The van der Waals surface area contributed by atoms with Gasteiger partial charge in [0.2, 0.25) is 5.91 Å². The van der Waals surface area contributed by atoms with Gasteiger partial charge >= 0.3 is 5.97 Å². The van der Waals surface area contributed by atoms with Gasteiger partial charge in [0.15, 0.2) is 0 Å². The van der Waals surface area contributed by atoms with E-state index in [1.807, 2.05) is 17.9 Å². The van der Waals surface area contributed by atoms with Gasteiger partial charge in [-0.1, -0.05) is 0 Å². The van der Waals surface area contributed by atoms with Gasteiger partial charge in [-0.2, -0.15) is 0 Å². The van der Waals surface area contributed by atoms with E-state index >= 15 is 0 Å².